The Hall–Kier alpha value is -1.25. The summed E-state index contributed by atoms with van der Waals surface area (Å²) < 4.78 is 2.39. The van der Waals surface area contributed by atoms with E-state index in [1.54, 1.807) is 0 Å². The van der Waals surface area contributed by atoms with Gasteiger partial charge in [-0.25, -0.2) is 0 Å². The number of aromatic nitrogens is 1. The Morgan fingerprint density at radius 1 is 1.22 bits per heavy atom. The summed E-state index contributed by atoms with van der Waals surface area (Å²) in [6.45, 7) is 6.78. The highest BCUT2D eigenvalue weighted by Gasteiger charge is 1.97. The van der Waals surface area contributed by atoms with Gasteiger partial charge < -0.3 is 9.67 Å². The fourth-order valence-electron chi connectivity index (χ4n) is 1.87. The van der Waals surface area contributed by atoms with E-state index < -0.39 is 5.97 Å². The van der Waals surface area contributed by atoms with Crippen LogP contribution in [0.1, 0.15) is 58.6 Å². The van der Waals surface area contributed by atoms with Gasteiger partial charge in [0.1, 0.15) is 0 Å². The normalized spacial score (nSPS) is 9.72. The number of aliphatic carboxylic acids is 1. The second-order valence-electron chi connectivity index (χ2n) is 4.48. The van der Waals surface area contributed by atoms with E-state index in [1.165, 1.54) is 44.3 Å². The molecular weight excluding hydrogens is 226 g/mol. The van der Waals surface area contributed by atoms with Gasteiger partial charge in [-0.05, 0) is 25.0 Å². The predicted octanol–water partition coefficient (Wildman–Crippen LogP) is 4.11. The lowest BCUT2D eigenvalue weighted by molar-refractivity contribution is -0.134. The Bertz CT molecular complexity index is 314. The molecule has 0 saturated heterocycles. The van der Waals surface area contributed by atoms with Crippen molar-refractivity contribution in [2.75, 3.05) is 0 Å². The van der Waals surface area contributed by atoms with Gasteiger partial charge in [0, 0.05) is 25.4 Å². The number of carboxylic acids is 1. The van der Waals surface area contributed by atoms with Crippen molar-refractivity contribution in [3.8, 4) is 0 Å². The Morgan fingerprint density at radius 3 is 2.39 bits per heavy atom. The lowest BCUT2D eigenvalue weighted by Gasteiger charge is -2.07. The predicted molar refractivity (Wildman–Crippen MR) is 75.9 cm³/mol. The Labute approximate surface area is 111 Å². The van der Waals surface area contributed by atoms with Gasteiger partial charge in [0.15, 0.2) is 0 Å². The number of hydrogen-bond donors (Lipinski definition) is 1. The third-order valence-corrected chi connectivity index (χ3v) is 2.79. The SMILES string of the molecule is CC(=O)O.CCCCCCCn1cccc1CC. The van der Waals surface area contributed by atoms with Crippen LogP contribution < -0.4 is 0 Å². The standard InChI is InChI=1S/C13H23N.C2H4O2/c1-3-5-6-7-8-11-14-12-9-10-13(14)4-2;1-2(3)4/h9-10,12H,3-8,11H2,1-2H3;1H3,(H,3,4). The van der Waals surface area contributed by atoms with Crippen LogP contribution >= 0.6 is 0 Å². The van der Waals surface area contributed by atoms with Crippen LogP contribution in [0.3, 0.4) is 0 Å². The average Bonchev–Trinajstić information content (AvgIpc) is 2.75. The molecule has 0 aliphatic rings. The molecule has 3 nitrogen and oxygen atoms in total. The summed E-state index contributed by atoms with van der Waals surface area (Å²) in [6, 6.07) is 4.39. The summed E-state index contributed by atoms with van der Waals surface area (Å²) in [7, 11) is 0. The Balaban J connectivity index is 0.000000631. The van der Waals surface area contributed by atoms with Crippen LogP contribution in [0.2, 0.25) is 0 Å². The van der Waals surface area contributed by atoms with E-state index in [0.29, 0.717) is 0 Å². The van der Waals surface area contributed by atoms with Crippen LogP contribution in [0.4, 0.5) is 0 Å². The number of aryl methyl sites for hydroxylation is 2. The minimum Gasteiger partial charge on any atom is -0.481 e. The molecule has 3 heteroatoms. The van der Waals surface area contributed by atoms with Crippen LogP contribution in [0.15, 0.2) is 18.3 Å². The first-order valence-electron chi connectivity index (χ1n) is 6.95. The molecule has 18 heavy (non-hydrogen) atoms. The molecule has 0 radical (unpaired) electrons. The first-order valence-corrected chi connectivity index (χ1v) is 6.95. The van der Waals surface area contributed by atoms with Crippen molar-refractivity contribution in [2.24, 2.45) is 0 Å². The topological polar surface area (TPSA) is 42.2 Å². The molecule has 0 amide bonds. The van der Waals surface area contributed by atoms with E-state index in [-0.39, 0.29) is 0 Å². The van der Waals surface area contributed by atoms with Crippen LogP contribution in [0, 0.1) is 0 Å². The highest BCUT2D eigenvalue weighted by Crippen LogP contribution is 2.08. The zero-order valence-corrected chi connectivity index (χ0v) is 12.0. The summed E-state index contributed by atoms with van der Waals surface area (Å²) in [4.78, 5) is 9.00. The van der Waals surface area contributed by atoms with E-state index in [9.17, 15) is 0 Å². The molecule has 0 atom stereocenters. The molecule has 0 spiro atoms. The third kappa shape index (κ3) is 8.85. The summed E-state index contributed by atoms with van der Waals surface area (Å²) >= 11 is 0. The molecule has 1 heterocycles. The summed E-state index contributed by atoms with van der Waals surface area (Å²) in [5.74, 6) is -0.833. The van der Waals surface area contributed by atoms with Gasteiger partial charge in [0.25, 0.3) is 5.97 Å². The van der Waals surface area contributed by atoms with E-state index in [2.05, 4.69) is 36.7 Å². The quantitative estimate of drug-likeness (QED) is 0.743. The molecule has 104 valence electrons. The second kappa shape index (κ2) is 10.9. The Morgan fingerprint density at radius 2 is 1.83 bits per heavy atom. The minimum absolute atomic E-state index is 0.833. The molecule has 1 N–H and O–H groups in total. The van der Waals surface area contributed by atoms with Gasteiger partial charge in [0.2, 0.25) is 0 Å². The van der Waals surface area contributed by atoms with Gasteiger partial charge in [-0.3, -0.25) is 4.79 Å². The van der Waals surface area contributed by atoms with Crippen molar-refractivity contribution in [3.05, 3.63) is 24.0 Å². The molecule has 0 aliphatic carbocycles. The van der Waals surface area contributed by atoms with E-state index >= 15 is 0 Å². The highest BCUT2D eigenvalue weighted by molar-refractivity contribution is 5.62. The van der Waals surface area contributed by atoms with Gasteiger partial charge in [0.05, 0.1) is 0 Å². The number of carboxylic acid groups (broad SMARTS) is 1. The zero-order valence-electron chi connectivity index (χ0n) is 12.0. The first-order chi connectivity index (χ1) is 8.61. The van der Waals surface area contributed by atoms with Crippen molar-refractivity contribution in [1.82, 2.24) is 4.57 Å². The van der Waals surface area contributed by atoms with Crippen LogP contribution in [-0.4, -0.2) is 15.6 Å². The van der Waals surface area contributed by atoms with E-state index in [0.717, 1.165) is 13.3 Å². The van der Waals surface area contributed by atoms with Crippen LogP contribution in [-0.2, 0) is 17.8 Å². The van der Waals surface area contributed by atoms with Crippen LogP contribution in [0.5, 0.6) is 0 Å². The molecule has 1 aromatic heterocycles. The van der Waals surface area contributed by atoms with Crippen molar-refractivity contribution >= 4 is 5.97 Å². The monoisotopic (exact) mass is 253 g/mol. The summed E-state index contributed by atoms with van der Waals surface area (Å²) in [5.41, 5.74) is 1.47. The Kier molecular flexibility index (Phi) is 10.1. The van der Waals surface area contributed by atoms with E-state index in [4.69, 9.17) is 9.90 Å². The van der Waals surface area contributed by atoms with Crippen molar-refractivity contribution in [3.63, 3.8) is 0 Å². The maximum absolute atomic E-state index is 9.00. The summed E-state index contributed by atoms with van der Waals surface area (Å²) in [6.07, 6.45) is 10.2. The fourth-order valence-corrected chi connectivity index (χ4v) is 1.87. The zero-order chi connectivity index (χ0) is 13.8. The maximum Gasteiger partial charge on any atom is 0.300 e. The number of nitrogens with zero attached hydrogens (tertiary/aromatic N) is 1. The molecule has 0 aromatic carbocycles. The smallest absolute Gasteiger partial charge is 0.300 e. The number of unbranched alkanes of at least 4 members (excludes halogenated alkanes) is 4. The molecule has 1 aromatic rings. The van der Waals surface area contributed by atoms with Gasteiger partial charge in [-0.2, -0.15) is 0 Å². The molecule has 0 saturated carbocycles. The fraction of sp³-hybridized carbons (Fsp3) is 0.667. The summed E-state index contributed by atoms with van der Waals surface area (Å²) in [5, 5.41) is 7.42. The molecule has 1 rings (SSSR count). The highest BCUT2D eigenvalue weighted by atomic mass is 16.4. The van der Waals surface area contributed by atoms with Crippen molar-refractivity contribution in [1.29, 1.82) is 0 Å². The van der Waals surface area contributed by atoms with Gasteiger partial charge in [-0.1, -0.05) is 39.5 Å². The van der Waals surface area contributed by atoms with Gasteiger partial charge >= 0.3 is 0 Å². The average molecular weight is 253 g/mol. The molecule has 0 aliphatic heterocycles. The lowest BCUT2D eigenvalue weighted by atomic mass is 10.1. The minimum atomic E-state index is -0.833. The largest absolute Gasteiger partial charge is 0.481 e. The van der Waals surface area contributed by atoms with Crippen molar-refractivity contribution in [2.45, 2.75) is 65.8 Å². The second-order valence-corrected chi connectivity index (χ2v) is 4.48. The molecule has 0 unspecified atom stereocenters. The molecular formula is C15H27NO2. The number of carbonyl (C=O) groups is 1. The molecule has 0 bridgehead atoms. The maximum atomic E-state index is 9.00. The number of hydrogen-bond acceptors (Lipinski definition) is 1. The third-order valence-electron chi connectivity index (χ3n) is 2.79. The van der Waals surface area contributed by atoms with Crippen molar-refractivity contribution < 1.29 is 9.90 Å². The number of rotatable bonds is 7. The van der Waals surface area contributed by atoms with Gasteiger partial charge in [-0.15, -0.1) is 0 Å². The lowest BCUT2D eigenvalue weighted by Crippen LogP contribution is -2.00. The molecule has 0 fully saturated rings. The van der Waals surface area contributed by atoms with E-state index in [1.807, 2.05) is 0 Å². The first kappa shape index (κ1) is 16.8. The van der Waals surface area contributed by atoms with Crippen LogP contribution in [0.25, 0.3) is 0 Å².